The van der Waals surface area contributed by atoms with Gasteiger partial charge in [0.05, 0.1) is 0 Å². The fourth-order valence-corrected chi connectivity index (χ4v) is 3.58. The lowest BCUT2D eigenvalue weighted by atomic mass is 10.1. The van der Waals surface area contributed by atoms with E-state index in [9.17, 15) is 0 Å². The molecule has 3 heteroatoms. The van der Waals surface area contributed by atoms with E-state index in [0.29, 0.717) is 6.04 Å². The minimum Gasteiger partial charge on any atom is -0.381 e. The van der Waals surface area contributed by atoms with Crippen LogP contribution in [0.3, 0.4) is 0 Å². The number of thioether (sulfide) groups is 1. The van der Waals surface area contributed by atoms with Gasteiger partial charge in [0.15, 0.2) is 0 Å². The molecular weight excluding hydrogens is 270 g/mol. The monoisotopic (exact) mass is 285 g/mol. The molecule has 1 aromatic carbocycles. The molecule has 1 aromatic rings. The Hall–Kier alpha value is -0.150. The van der Waals surface area contributed by atoms with Crippen LogP contribution in [0.15, 0.2) is 22.7 Å². The maximum atomic E-state index is 3.64. The van der Waals surface area contributed by atoms with Gasteiger partial charge >= 0.3 is 0 Å². The van der Waals surface area contributed by atoms with Crippen LogP contribution in [0.2, 0.25) is 0 Å². The van der Waals surface area contributed by atoms with Crippen molar-refractivity contribution in [2.45, 2.75) is 31.6 Å². The molecule has 1 nitrogen and oxygen atoms in total. The number of rotatable bonds is 2. The van der Waals surface area contributed by atoms with E-state index in [1.54, 1.807) is 0 Å². The topological polar surface area (TPSA) is 12.0 Å². The molecule has 2 rings (SSSR count). The summed E-state index contributed by atoms with van der Waals surface area (Å²) in [6.07, 6.45) is 1.28. The SMILES string of the molecule is Cc1cc(Br)ccc1NC1CCSC1C. The van der Waals surface area contributed by atoms with Crippen LogP contribution in [0, 0.1) is 6.92 Å². The molecule has 0 saturated carbocycles. The van der Waals surface area contributed by atoms with Gasteiger partial charge in [-0.3, -0.25) is 0 Å². The molecule has 0 radical (unpaired) electrons. The Morgan fingerprint density at radius 2 is 2.27 bits per heavy atom. The Bertz CT molecular complexity index is 353. The lowest BCUT2D eigenvalue weighted by molar-refractivity contribution is 0.723. The molecule has 1 saturated heterocycles. The second-order valence-electron chi connectivity index (χ2n) is 4.07. The fourth-order valence-electron chi connectivity index (χ4n) is 1.91. The van der Waals surface area contributed by atoms with Crippen molar-refractivity contribution in [1.82, 2.24) is 0 Å². The second-order valence-corrected chi connectivity index (χ2v) is 6.48. The van der Waals surface area contributed by atoms with E-state index < -0.39 is 0 Å². The van der Waals surface area contributed by atoms with Gasteiger partial charge in [-0.1, -0.05) is 22.9 Å². The predicted molar refractivity (Wildman–Crippen MR) is 72.8 cm³/mol. The maximum Gasteiger partial charge on any atom is 0.0385 e. The highest BCUT2D eigenvalue weighted by Gasteiger charge is 2.23. The van der Waals surface area contributed by atoms with Crippen molar-refractivity contribution in [1.29, 1.82) is 0 Å². The predicted octanol–water partition coefficient (Wildman–Crippen LogP) is 4.06. The number of hydrogen-bond acceptors (Lipinski definition) is 2. The first-order valence-electron chi connectivity index (χ1n) is 5.31. The number of hydrogen-bond donors (Lipinski definition) is 1. The first-order chi connectivity index (χ1) is 7.16. The molecule has 1 heterocycles. The Morgan fingerprint density at radius 1 is 1.47 bits per heavy atom. The summed E-state index contributed by atoms with van der Waals surface area (Å²) >= 11 is 5.55. The molecule has 1 aliphatic rings. The van der Waals surface area contributed by atoms with Gasteiger partial charge in [0, 0.05) is 21.5 Å². The van der Waals surface area contributed by atoms with Crippen LogP contribution in [0.25, 0.3) is 0 Å². The molecule has 1 aliphatic heterocycles. The van der Waals surface area contributed by atoms with Gasteiger partial charge in [-0.25, -0.2) is 0 Å². The summed E-state index contributed by atoms with van der Waals surface area (Å²) in [4.78, 5) is 0. The van der Waals surface area contributed by atoms with Crippen molar-refractivity contribution in [2.24, 2.45) is 0 Å². The number of halogens is 1. The molecule has 0 spiro atoms. The van der Waals surface area contributed by atoms with Crippen LogP contribution in [-0.2, 0) is 0 Å². The number of nitrogens with one attached hydrogen (secondary N) is 1. The Balaban J connectivity index is 2.10. The molecule has 82 valence electrons. The van der Waals surface area contributed by atoms with E-state index in [0.717, 1.165) is 9.72 Å². The zero-order chi connectivity index (χ0) is 10.8. The zero-order valence-corrected chi connectivity index (χ0v) is 11.5. The molecule has 0 amide bonds. The molecule has 15 heavy (non-hydrogen) atoms. The van der Waals surface area contributed by atoms with Gasteiger partial charge in [0.25, 0.3) is 0 Å². The summed E-state index contributed by atoms with van der Waals surface area (Å²) in [6.45, 7) is 4.46. The van der Waals surface area contributed by atoms with Gasteiger partial charge in [0.1, 0.15) is 0 Å². The summed E-state index contributed by atoms with van der Waals surface area (Å²) in [6, 6.07) is 7.06. The fraction of sp³-hybridized carbons (Fsp3) is 0.500. The van der Waals surface area contributed by atoms with E-state index in [2.05, 4.69) is 65.1 Å². The Morgan fingerprint density at radius 3 is 2.87 bits per heavy atom. The van der Waals surface area contributed by atoms with Crippen LogP contribution >= 0.6 is 27.7 Å². The van der Waals surface area contributed by atoms with E-state index in [1.165, 1.54) is 23.4 Å². The van der Waals surface area contributed by atoms with Crippen molar-refractivity contribution in [3.05, 3.63) is 28.2 Å². The van der Waals surface area contributed by atoms with Gasteiger partial charge in [-0.15, -0.1) is 0 Å². The van der Waals surface area contributed by atoms with Crippen molar-refractivity contribution in [2.75, 3.05) is 11.1 Å². The van der Waals surface area contributed by atoms with Crippen LogP contribution in [-0.4, -0.2) is 17.0 Å². The summed E-state index contributed by atoms with van der Waals surface area (Å²) in [5, 5.41) is 4.37. The summed E-state index contributed by atoms with van der Waals surface area (Å²) < 4.78 is 1.15. The highest BCUT2D eigenvalue weighted by Crippen LogP contribution is 2.30. The van der Waals surface area contributed by atoms with Gasteiger partial charge in [-0.2, -0.15) is 11.8 Å². The third-order valence-corrected chi connectivity index (χ3v) is 4.72. The molecule has 1 N–H and O–H groups in total. The van der Waals surface area contributed by atoms with Gasteiger partial charge in [-0.05, 0) is 42.9 Å². The summed E-state index contributed by atoms with van der Waals surface area (Å²) in [5.41, 5.74) is 2.59. The van der Waals surface area contributed by atoms with Crippen LogP contribution in [0.1, 0.15) is 18.9 Å². The smallest absolute Gasteiger partial charge is 0.0385 e. The Labute approximate surface area is 104 Å². The lowest BCUT2D eigenvalue weighted by Gasteiger charge is -2.19. The van der Waals surface area contributed by atoms with Crippen molar-refractivity contribution < 1.29 is 0 Å². The van der Waals surface area contributed by atoms with Crippen molar-refractivity contribution in [3.63, 3.8) is 0 Å². The standard InChI is InChI=1S/C12H16BrNS/c1-8-7-10(13)3-4-11(8)14-12-5-6-15-9(12)2/h3-4,7,9,12,14H,5-6H2,1-2H3. The van der Waals surface area contributed by atoms with Gasteiger partial charge < -0.3 is 5.32 Å². The first-order valence-corrected chi connectivity index (χ1v) is 7.15. The first kappa shape index (κ1) is 11.3. The largest absolute Gasteiger partial charge is 0.381 e. The minimum atomic E-state index is 0.634. The maximum absolute atomic E-state index is 3.64. The highest BCUT2D eigenvalue weighted by molar-refractivity contribution is 9.10. The minimum absolute atomic E-state index is 0.634. The normalized spacial score (nSPS) is 25.5. The van der Waals surface area contributed by atoms with Crippen LogP contribution in [0.5, 0.6) is 0 Å². The number of anilines is 1. The highest BCUT2D eigenvalue weighted by atomic mass is 79.9. The van der Waals surface area contributed by atoms with Crippen molar-refractivity contribution in [3.8, 4) is 0 Å². The van der Waals surface area contributed by atoms with E-state index in [1.807, 2.05) is 0 Å². The van der Waals surface area contributed by atoms with E-state index >= 15 is 0 Å². The van der Waals surface area contributed by atoms with Crippen molar-refractivity contribution >= 4 is 33.4 Å². The average molecular weight is 286 g/mol. The van der Waals surface area contributed by atoms with Gasteiger partial charge in [0.2, 0.25) is 0 Å². The lowest BCUT2D eigenvalue weighted by Crippen LogP contribution is -2.25. The molecule has 0 aromatic heterocycles. The molecule has 0 aliphatic carbocycles. The Kier molecular flexibility index (Phi) is 3.62. The third kappa shape index (κ3) is 2.70. The molecule has 1 fully saturated rings. The van der Waals surface area contributed by atoms with Crippen LogP contribution < -0.4 is 5.32 Å². The number of benzene rings is 1. The van der Waals surface area contributed by atoms with E-state index in [-0.39, 0.29) is 0 Å². The third-order valence-electron chi connectivity index (χ3n) is 2.91. The van der Waals surface area contributed by atoms with Crippen LogP contribution in [0.4, 0.5) is 5.69 Å². The average Bonchev–Trinajstić information content (AvgIpc) is 2.57. The van der Waals surface area contributed by atoms with E-state index in [4.69, 9.17) is 0 Å². The number of aryl methyl sites for hydroxylation is 1. The molecule has 2 atom stereocenters. The second kappa shape index (κ2) is 4.79. The summed E-state index contributed by atoms with van der Waals surface area (Å²) in [5.74, 6) is 1.29. The quantitative estimate of drug-likeness (QED) is 0.879. The summed E-state index contributed by atoms with van der Waals surface area (Å²) in [7, 11) is 0. The molecular formula is C12H16BrNS. The molecule has 0 bridgehead atoms. The molecule has 2 unspecified atom stereocenters. The zero-order valence-electron chi connectivity index (χ0n) is 9.09.